The number of benzene rings is 7. The van der Waals surface area contributed by atoms with Gasteiger partial charge in [-0.05, 0) is 98.8 Å². The summed E-state index contributed by atoms with van der Waals surface area (Å²) in [5.74, 6) is 0. The van der Waals surface area contributed by atoms with E-state index in [4.69, 9.17) is 0 Å². The molecule has 0 amide bonds. The lowest BCUT2D eigenvalue weighted by atomic mass is 9.91. The molecule has 1 aromatic heterocycles. The smallest absolute Gasteiger partial charge is 0.0547 e. The van der Waals surface area contributed by atoms with Crippen LogP contribution < -0.4 is 10.6 Å². The van der Waals surface area contributed by atoms with Crippen LogP contribution in [0.25, 0.3) is 83.7 Å². The number of aromatic nitrogens is 1. The highest BCUT2D eigenvalue weighted by atomic mass is 32.2. The Kier molecular flexibility index (Phi) is 5.70. The first kappa shape index (κ1) is 26.0. The van der Waals surface area contributed by atoms with Crippen molar-refractivity contribution in [3.63, 3.8) is 0 Å². The summed E-state index contributed by atoms with van der Waals surface area (Å²) in [5, 5.41) is 9.34. The van der Waals surface area contributed by atoms with Gasteiger partial charge in [0.1, 0.15) is 0 Å². The zero-order valence-electron chi connectivity index (χ0n) is 25.2. The van der Waals surface area contributed by atoms with Crippen molar-refractivity contribution in [2.24, 2.45) is 0 Å². The Morgan fingerprint density at radius 2 is 1.24 bits per heavy atom. The van der Waals surface area contributed by atoms with E-state index in [1.807, 2.05) is 11.8 Å². The lowest BCUT2D eigenvalue weighted by molar-refractivity contribution is 1.02. The van der Waals surface area contributed by atoms with Gasteiger partial charge in [-0.25, -0.2) is 0 Å². The molecule has 0 atom stereocenters. The highest BCUT2D eigenvalue weighted by molar-refractivity contribution is 7.99. The molecule has 0 fully saturated rings. The molecule has 46 heavy (non-hydrogen) atoms. The summed E-state index contributed by atoms with van der Waals surface area (Å²) in [5.41, 5.74) is 10.1. The third-order valence-electron chi connectivity index (χ3n) is 9.80. The molecule has 7 aromatic carbocycles. The Balaban J connectivity index is 1.13. The van der Waals surface area contributed by atoms with E-state index >= 15 is 0 Å². The standard InChI is InChI=1S/C44H29NS/c1-2-15-34-28(10-1)22-24-40-43(34)38-17-3-5-20-39(38)45(40)32-14-8-12-30(27-32)29-11-7-13-31(26-29)33-23-25-42-44-36(33)18-9-19-37(44)35-16-4-6-21-41(35)46-42/h1-2,4,6-27H,3,5H2. The molecule has 1 nitrogen and oxygen atoms in total. The minimum Gasteiger partial charge on any atom is -0.310 e. The van der Waals surface area contributed by atoms with Crippen molar-refractivity contribution in [3.8, 4) is 39.1 Å². The molecule has 1 aliphatic heterocycles. The topological polar surface area (TPSA) is 4.93 Å². The maximum Gasteiger partial charge on any atom is 0.0547 e. The molecule has 1 aliphatic carbocycles. The normalized spacial score (nSPS) is 13.3. The molecule has 0 saturated carbocycles. The van der Waals surface area contributed by atoms with Crippen LogP contribution in [0.3, 0.4) is 0 Å². The van der Waals surface area contributed by atoms with E-state index in [0.29, 0.717) is 0 Å². The van der Waals surface area contributed by atoms with E-state index in [1.54, 1.807) is 0 Å². The fourth-order valence-corrected chi connectivity index (χ4v) is 8.89. The molecule has 0 saturated heterocycles. The van der Waals surface area contributed by atoms with E-state index in [9.17, 15) is 0 Å². The molecule has 0 spiro atoms. The molecular weight excluding hydrogens is 575 g/mol. The van der Waals surface area contributed by atoms with Crippen molar-refractivity contribution in [2.75, 3.05) is 0 Å². The van der Waals surface area contributed by atoms with Crippen LogP contribution in [0.15, 0.2) is 149 Å². The molecule has 0 radical (unpaired) electrons. The Morgan fingerprint density at radius 1 is 0.478 bits per heavy atom. The zero-order valence-corrected chi connectivity index (χ0v) is 26.0. The summed E-state index contributed by atoms with van der Waals surface area (Å²) >= 11 is 1.88. The van der Waals surface area contributed by atoms with Gasteiger partial charge in [0, 0.05) is 36.8 Å². The fourth-order valence-electron chi connectivity index (χ4n) is 7.76. The molecule has 10 rings (SSSR count). The van der Waals surface area contributed by atoms with Gasteiger partial charge in [0.2, 0.25) is 0 Å². The predicted molar refractivity (Wildman–Crippen MR) is 196 cm³/mol. The van der Waals surface area contributed by atoms with Gasteiger partial charge in [0.15, 0.2) is 0 Å². The SMILES string of the molecule is C1=c2c(n(-c3cccc(-c4cccc(-c5ccc6c7c(cccc57)-c5ccccc5S6)c4)c3)c3ccc4ccccc4c23)=CCC1. The number of hydrogen-bond donors (Lipinski definition) is 0. The van der Waals surface area contributed by atoms with Crippen molar-refractivity contribution < 1.29 is 0 Å². The second-order valence-electron chi connectivity index (χ2n) is 12.4. The van der Waals surface area contributed by atoms with Gasteiger partial charge in [0.05, 0.1) is 5.52 Å². The highest BCUT2D eigenvalue weighted by Crippen LogP contribution is 2.49. The quantitative estimate of drug-likeness (QED) is 0.194. The minimum absolute atomic E-state index is 1.07. The van der Waals surface area contributed by atoms with Crippen LogP contribution in [0, 0.1) is 0 Å². The summed E-state index contributed by atoms with van der Waals surface area (Å²) in [6.07, 6.45) is 7.02. The summed E-state index contributed by atoms with van der Waals surface area (Å²) in [4.78, 5) is 2.67. The monoisotopic (exact) mass is 603 g/mol. The van der Waals surface area contributed by atoms with Crippen molar-refractivity contribution in [3.05, 3.63) is 150 Å². The minimum atomic E-state index is 1.07. The summed E-state index contributed by atoms with van der Waals surface area (Å²) in [6, 6.07) is 51.7. The van der Waals surface area contributed by atoms with E-state index in [-0.39, 0.29) is 0 Å². The molecule has 0 N–H and O–H groups in total. The molecule has 2 aliphatic rings. The molecular formula is C44H29NS. The van der Waals surface area contributed by atoms with E-state index in [2.05, 4.69) is 156 Å². The van der Waals surface area contributed by atoms with Crippen molar-refractivity contribution >= 4 is 56.4 Å². The third-order valence-corrected chi connectivity index (χ3v) is 10.9. The van der Waals surface area contributed by atoms with Crippen LogP contribution in [-0.4, -0.2) is 4.57 Å². The maximum atomic E-state index is 2.47. The Labute approximate surface area is 271 Å². The number of nitrogens with zero attached hydrogens (tertiary/aromatic N) is 1. The fraction of sp³-hybridized carbons (Fsp3) is 0.0455. The first-order valence-corrected chi connectivity index (χ1v) is 16.9. The first-order valence-electron chi connectivity index (χ1n) is 16.1. The van der Waals surface area contributed by atoms with Crippen LogP contribution in [0.1, 0.15) is 12.8 Å². The molecule has 2 heteroatoms. The highest BCUT2D eigenvalue weighted by Gasteiger charge is 2.20. The van der Waals surface area contributed by atoms with Crippen LogP contribution >= 0.6 is 11.8 Å². The van der Waals surface area contributed by atoms with Crippen LogP contribution in [-0.2, 0) is 0 Å². The average molecular weight is 604 g/mol. The van der Waals surface area contributed by atoms with Gasteiger partial charge in [0.25, 0.3) is 0 Å². The summed E-state index contributed by atoms with van der Waals surface area (Å²) in [7, 11) is 0. The van der Waals surface area contributed by atoms with Crippen molar-refractivity contribution in [1.29, 1.82) is 0 Å². The average Bonchev–Trinajstić information content (AvgIpc) is 3.47. The predicted octanol–water partition coefficient (Wildman–Crippen LogP) is 10.8. The van der Waals surface area contributed by atoms with Gasteiger partial charge >= 0.3 is 0 Å². The third kappa shape index (κ3) is 3.84. The van der Waals surface area contributed by atoms with Crippen LogP contribution in [0.2, 0.25) is 0 Å². The van der Waals surface area contributed by atoms with E-state index < -0.39 is 0 Å². The zero-order chi connectivity index (χ0) is 30.2. The molecule has 216 valence electrons. The Morgan fingerprint density at radius 3 is 2.22 bits per heavy atom. The van der Waals surface area contributed by atoms with Gasteiger partial charge < -0.3 is 4.57 Å². The van der Waals surface area contributed by atoms with Crippen LogP contribution in [0.5, 0.6) is 0 Å². The second-order valence-corrected chi connectivity index (χ2v) is 13.5. The maximum absolute atomic E-state index is 2.47. The van der Waals surface area contributed by atoms with Crippen LogP contribution in [0.4, 0.5) is 0 Å². The Bertz CT molecular complexity index is 2680. The van der Waals surface area contributed by atoms with Crippen molar-refractivity contribution in [1.82, 2.24) is 4.57 Å². The largest absolute Gasteiger partial charge is 0.310 e. The first-order chi connectivity index (χ1) is 22.8. The lowest BCUT2D eigenvalue weighted by Crippen LogP contribution is -2.30. The molecule has 0 bridgehead atoms. The number of hydrogen-bond acceptors (Lipinski definition) is 1. The number of fused-ring (bicyclic) bond motifs is 7. The lowest BCUT2D eigenvalue weighted by Gasteiger charge is -2.21. The van der Waals surface area contributed by atoms with E-state index in [1.165, 1.54) is 91.9 Å². The number of rotatable bonds is 3. The van der Waals surface area contributed by atoms with E-state index in [0.717, 1.165) is 12.8 Å². The Hall–Kier alpha value is -5.31. The van der Waals surface area contributed by atoms with Gasteiger partial charge in [-0.3, -0.25) is 0 Å². The second kappa shape index (κ2) is 10.1. The van der Waals surface area contributed by atoms with Gasteiger partial charge in [-0.2, -0.15) is 0 Å². The summed E-state index contributed by atoms with van der Waals surface area (Å²) in [6.45, 7) is 0. The van der Waals surface area contributed by atoms with Crippen molar-refractivity contribution in [2.45, 2.75) is 22.6 Å². The summed E-state index contributed by atoms with van der Waals surface area (Å²) < 4.78 is 2.47. The molecule has 0 unspecified atom stereocenters. The van der Waals surface area contributed by atoms with Gasteiger partial charge in [-0.1, -0.05) is 127 Å². The van der Waals surface area contributed by atoms with Gasteiger partial charge in [-0.15, -0.1) is 0 Å². The molecule has 8 aromatic rings. The molecule has 2 heterocycles.